The van der Waals surface area contributed by atoms with Crippen LogP contribution in [0, 0.1) is 6.92 Å². The zero-order valence-corrected chi connectivity index (χ0v) is 23.1. The number of piperazine rings is 1. The van der Waals surface area contributed by atoms with Gasteiger partial charge in [-0.15, -0.1) is 0 Å². The van der Waals surface area contributed by atoms with Crippen LogP contribution in [0.2, 0.25) is 0 Å². The molecule has 12 nitrogen and oxygen atoms in total. The van der Waals surface area contributed by atoms with E-state index in [0.29, 0.717) is 0 Å². The highest BCUT2D eigenvalue weighted by atomic mass is 16.5. The molecule has 0 radical (unpaired) electrons. The summed E-state index contributed by atoms with van der Waals surface area (Å²) in [6.45, 7) is 4.10. The fourth-order valence-electron chi connectivity index (χ4n) is 6.75. The minimum atomic E-state index is -0.872. The number of hydrogen-bond acceptors (Lipinski definition) is 11. The number of amides is 1. The molecule has 1 fully saturated rings. The first kappa shape index (κ1) is 27.5. The minimum absolute atomic E-state index is 0.00792. The molecule has 1 saturated heterocycles. The number of nitrogens with zero attached hydrogens (tertiary/aromatic N) is 2. The van der Waals surface area contributed by atoms with Crippen LogP contribution in [0.15, 0.2) is 22.5 Å². The van der Waals surface area contributed by atoms with Crippen LogP contribution in [0.25, 0.3) is 0 Å². The highest BCUT2D eigenvalue weighted by Crippen LogP contribution is 2.54. The summed E-state index contributed by atoms with van der Waals surface area (Å²) >= 11 is 0. The van der Waals surface area contributed by atoms with Crippen LogP contribution >= 0.6 is 0 Å². The number of allylic oxidation sites excluding steroid dienone is 2. The molecular weight excluding hydrogens is 522 g/mol. The number of ketones is 4. The van der Waals surface area contributed by atoms with E-state index in [9.17, 15) is 34.2 Å². The zero-order chi connectivity index (χ0) is 29.4. The maximum Gasteiger partial charge on any atom is 0.287 e. The van der Waals surface area contributed by atoms with E-state index in [2.05, 4.69) is 5.32 Å². The first-order valence-corrected chi connectivity index (χ1v) is 12.9. The number of likely N-dealkylation sites (N-methyl/N-ethyl adjacent to an activating group) is 1. The van der Waals surface area contributed by atoms with Crippen molar-refractivity contribution in [2.75, 3.05) is 34.4 Å². The van der Waals surface area contributed by atoms with Crippen LogP contribution in [0.4, 0.5) is 0 Å². The first-order valence-electron chi connectivity index (χ1n) is 12.9. The number of carbonyl (C=O) groups is 5. The number of aromatic hydroxyl groups is 2. The zero-order valence-electron chi connectivity index (χ0n) is 23.1. The van der Waals surface area contributed by atoms with Crippen molar-refractivity contribution in [3.8, 4) is 17.2 Å². The summed E-state index contributed by atoms with van der Waals surface area (Å²) in [4.78, 5) is 68.6. The lowest BCUT2D eigenvalue weighted by Gasteiger charge is -2.57. The second-order valence-electron chi connectivity index (χ2n) is 10.6. The topological polar surface area (TPSA) is 163 Å². The van der Waals surface area contributed by atoms with Crippen molar-refractivity contribution in [1.82, 2.24) is 15.1 Å². The van der Waals surface area contributed by atoms with Gasteiger partial charge in [-0.1, -0.05) is 0 Å². The lowest BCUT2D eigenvalue weighted by atomic mass is 9.71. The Morgan fingerprint density at radius 3 is 2.33 bits per heavy atom. The number of fused-ring (bicyclic) bond motifs is 6. The quantitative estimate of drug-likeness (QED) is 0.264. The molecule has 2 bridgehead atoms. The van der Waals surface area contributed by atoms with E-state index in [1.807, 2.05) is 4.90 Å². The molecule has 0 saturated carbocycles. The van der Waals surface area contributed by atoms with E-state index >= 15 is 0 Å². The number of Topliss-reactive ketones (excluding diaryl/α,β-unsaturated/α-hetero) is 4. The normalized spacial score (nSPS) is 26.3. The summed E-state index contributed by atoms with van der Waals surface area (Å²) in [5, 5.41) is 24.9. The third-order valence-corrected chi connectivity index (χ3v) is 8.68. The number of methoxy groups -OCH3 is 2. The van der Waals surface area contributed by atoms with E-state index in [0.717, 1.165) is 6.92 Å². The number of phenolic OH excluding ortho intramolecular Hbond substituents is 2. The maximum atomic E-state index is 13.8. The average molecular weight is 554 g/mol. The molecule has 40 heavy (non-hydrogen) atoms. The smallest absolute Gasteiger partial charge is 0.287 e. The highest BCUT2D eigenvalue weighted by Gasteiger charge is 2.56. The Balaban J connectivity index is 1.72. The molecule has 5 rings (SSSR count). The second-order valence-corrected chi connectivity index (χ2v) is 10.6. The van der Waals surface area contributed by atoms with Gasteiger partial charge in [0.1, 0.15) is 5.75 Å². The molecule has 3 heterocycles. The molecule has 212 valence electrons. The summed E-state index contributed by atoms with van der Waals surface area (Å²) in [7, 11) is 4.38. The molecule has 1 aliphatic carbocycles. The Morgan fingerprint density at radius 2 is 1.73 bits per heavy atom. The fourth-order valence-corrected chi connectivity index (χ4v) is 6.75. The van der Waals surface area contributed by atoms with Gasteiger partial charge in [-0.25, -0.2) is 0 Å². The number of nitrogens with one attached hydrogen (secondary N) is 1. The monoisotopic (exact) mass is 553 g/mol. The Labute approximate surface area is 230 Å². The van der Waals surface area contributed by atoms with Crippen LogP contribution in [0.1, 0.15) is 47.8 Å². The predicted octanol–water partition coefficient (Wildman–Crippen LogP) is 0.483. The first-order chi connectivity index (χ1) is 18.9. The Hall–Kier alpha value is -4.03. The largest absolute Gasteiger partial charge is 0.507 e. The second kappa shape index (κ2) is 9.56. The third kappa shape index (κ3) is 3.62. The molecule has 1 amide bonds. The van der Waals surface area contributed by atoms with E-state index in [1.54, 1.807) is 18.9 Å². The minimum Gasteiger partial charge on any atom is -0.507 e. The number of rotatable bonds is 5. The molecule has 12 heteroatoms. The van der Waals surface area contributed by atoms with Crippen LogP contribution in [0.3, 0.4) is 0 Å². The van der Waals surface area contributed by atoms with Gasteiger partial charge in [0.15, 0.2) is 28.8 Å². The van der Waals surface area contributed by atoms with E-state index in [4.69, 9.17) is 9.47 Å². The number of phenols is 2. The van der Waals surface area contributed by atoms with Gasteiger partial charge in [0.2, 0.25) is 11.6 Å². The summed E-state index contributed by atoms with van der Waals surface area (Å²) in [5.74, 6) is -3.49. The fraction of sp³-hybridized carbons (Fsp3) is 0.464. The van der Waals surface area contributed by atoms with Crippen molar-refractivity contribution in [3.05, 3.63) is 39.2 Å². The van der Waals surface area contributed by atoms with Gasteiger partial charge in [0.05, 0.1) is 37.9 Å². The number of benzene rings is 1. The Morgan fingerprint density at radius 1 is 1.05 bits per heavy atom. The number of carbonyl (C=O) groups excluding carboxylic acids is 5. The lowest BCUT2D eigenvalue weighted by Crippen LogP contribution is -2.68. The van der Waals surface area contributed by atoms with Crippen molar-refractivity contribution in [2.24, 2.45) is 0 Å². The van der Waals surface area contributed by atoms with Gasteiger partial charge in [0.25, 0.3) is 5.91 Å². The summed E-state index contributed by atoms with van der Waals surface area (Å²) in [5.41, 5.74) is 0.967. The van der Waals surface area contributed by atoms with E-state index in [-0.39, 0.29) is 81.7 Å². The summed E-state index contributed by atoms with van der Waals surface area (Å²) in [6.07, 6.45) is 0.0944. The van der Waals surface area contributed by atoms with Crippen LogP contribution in [-0.2, 0) is 23.9 Å². The molecule has 4 aliphatic rings. The lowest BCUT2D eigenvalue weighted by molar-refractivity contribution is -0.137. The maximum absolute atomic E-state index is 13.8. The SMILES string of the molecule is COC1=C(C)C(=O)C2=C(C1=O)[C@H](CNC(=O)C(C)=O)N1C[C@H]3C(=O)c4c(O)c(C)c(OC)c(O)c4[C@@H]([C@@H]1C2)N3C. The molecule has 3 N–H and O–H groups in total. The van der Waals surface area contributed by atoms with Gasteiger partial charge in [0, 0.05) is 53.9 Å². The summed E-state index contributed by atoms with van der Waals surface area (Å²) < 4.78 is 10.7. The van der Waals surface area contributed by atoms with Crippen molar-refractivity contribution < 1.29 is 43.7 Å². The average Bonchev–Trinajstić information content (AvgIpc) is 2.91. The van der Waals surface area contributed by atoms with Gasteiger partial charge in [-0.2, -0.15) is 0 Å². The van der Waals surface area contributed by atoms with Gasteiger partial charge >= 0.3 is 0 Å². The van der Waals surface area contributed by atoms with Crippen LogP contribution in [0.5, 0.6) is 17.2 Å². The molecule has 3 aliphatic heterocycles. The third-order valence-electron chi connectivity index (χ3n) is 8.68. The van der Waals surface area contributed by atoms with Crippen molar-refractivity contribution in [2.45, 2.75) is 51.4 Å². The standard InChI is InChI=1S/C28H31N3O9/c1-10-21(33)13-7-14-20-18-19(22(34)11(2)27(40-6)25(18)37)23(35)16(30(20)4)9-31(14)15(8-29-28(38)12(3)32)17(13)24(36)26(10)39-5/h14-16,20,34,37H,7-9H2,1-6H3,(H,29,38)/t14-,15-,16-,20+/m0/s1. The molecule has 0 spiro atoms. The van der Waals surface area contributed by atoms with Gasteiger partial charge < -0.3 is 25.0 Å². The van der Waals surface area contributed by atoms with Gasteiger partial charge in [-0.3, -0.25) is 33.8 Å². The Kier molecular flexibility index (Phi) is 6.58. The van der Waals surface area contributed by atoms with Crippen LogP contribution < -0.4 is 10.1 Å². The van der Waals surface area contributed by atoms with Crippen molar-refractivity contribution >= 4 is 29.0 Å². The van der Waals surface area contributed by atoms with Crippen molar-refractivity contribution in [1.29, 1.82) is 0 Å². The molecule has 0 aromatic heterocycles. The summed E-state index contributed by atoms with van der Waals surface area (Å²) in [6, 6.07) is -2.89. The Bertz CT molecular complexity index is 1470. The van der Waals surface area contributed by atoms with Crippen molar-refractivity contribution in [3.63, 3.8) is 0 Å². The molecular formula is C28H31N3O9. The number of hydrogen-bond donors (Lipinski definition) is 3. The van der Waals surface area contributed by atoms with Crippen LogP contribution in [-0.4, -0.2) is 102 Å². The van der Waals surface area contributed by atoms with Gasteiger partial charge in [-0.05, 0) is 27.3 Å². The number of ether oxygens (including phenoxy) is 2. The molecule has 1 aromatic carbocycles. The molecule has 0 unspecified atom stereocenters. The highest BCUT2D eigenvalue weighted by molar-refractivity contribution is 6.35. The molecule has 4 atom stereocenters. The predicted molar refractivity (Wildman–Crippen MR) is 139 cm³/mol. The molecule has 1 aromatic rings. The van der Waals surface area contributed by atoms with E-state index < -0.39 is 47.4 Å². The van der Waals surface area contributed by atoms with E-state index in [1.165, 1.54) is 21.1 Å².